The van der Waals surface area contributed by atoms with E-state index in [2.05, 4.69) is 5.32 Å². The van der Waals surface area contributed by atoms with Crippen molar-refractivity contribution in [2.24, 2.45) is 0 Å². The van der Waals surface area contributed by atoms with Gasteiger partial charge in [-0.05, 0) is 41.0 Å². The van der Waals surface area contributed by atoms with E-state index in [0.29, 0.717) is 23.1 Å². The maximum absolute atomic E-state index is 12.1. The fourth-order valence-electron chi connectivity index (χ4n) is 2.68. The SMILES string of the molecule is N#CCOc1cccc(CNC(=O)COc2ccc(-c3ccccc3)cc2Cl)c1. The molecule has 0 saturated heterocycles. The zero-order valence-corrected chi connectivity index (χ0v) is 16.4. The highest BCUT2D eigenvalue weighted by Crippen LogP contribution is 2.30. The molecule has 1 N–H and O–H groups in total. The summed E-state index contributed by atoms with van der Waals surface area (Å²) in [6.07, 6.45) is 0. The Bertz CT molecular complexity index is 1020. The highest BCUT2D eigenvalue weighted by atomic mass is 35.5. The van der Waals surface area contributed by atoms with Gasteiger partial charge in [0.15, 0.2) is 13.2 Å². The maximum Gasteiger partial charge on any atom is 0.258 e. The largest absolute Gasteiger partial charge is 0.482 e. The van der Waals surface area contributed by atoms with Crippen LogP contribution in [0.2, 0.25) is 5.02 Å². The van der Waals surface area contributed by atoms with Gasteiger partial charge in [0.05, 0.1) is 5.02 Å². The molecule has 5 nitrogen and oxygen atoms in total. The Morgan fingerprint density at radius 2 is 1.79 bits per heavy atom. The first kappa shape index (κ1) is 20.2. The molecule has 0 unspecified atom stereocenters. The average Bonchev–Trinajstić information content (AvgIpc) is 2.76. The van der Waals surface area contributed by atoms with Crippen molar-refractivity contribution in [3.05, 3.63) is 83.4 Å². The average molecular weight is 407 g/mol. The molecule has 0 fully saturated rings. The van der Waals surface area contributed by atoms with Crippen molar-refractivity contribution < 1.29 is 14.3 Å². The topological polar surface area (TPSA) is 71.3 Å². The van der Waals surface area contributed by atoms with E-state index in [-0.39, 0.29) is 19.1 Å². The number of amides is 1. The van der Waals surface area contributed by atoms with Crippen molar-refractivity contribution >= 4 is 17.5 Å². The summed E-state index contributed by atoms with van der Waals surface area (Å²) in [6.45, 7) is 0.162. The van der Waals surface area contributed by atoms with Crippen LogP contribution < -0.4 is 14.8 Å². The van der Waals surface area contributed by atoms with Crippen molar-refractivity contribution in [2.75, 3.05) is 13.2 Å². The van der Waals surface area contributed by atoms with Gasteiger partial charge >= 0.3 is 0 Å². The van der Waals surface area contributed by atoms with Crippen LogP contribution in [0.5, 0.6) is 11.5 Å². The quantitative estimate of drug-likeness (QED) is 0.593. The fraction of sp³-hybridized carbons (Fsp3) is 0.130. The Hall–Kier alpha value is -3.49. The fourth-order valence-corrected chi connectivity index (χ4v) is 2.92. The molecule has 29 heavy (non-hydrogen) atoms. The first-order chi connectivity index (χ1) is 14.2. The molecule has 0 aromatic heterocycles. The molecule has 0 spiro atoms. The summed E-state index contributed by atoms with van der Waals surface area (Å²) in [5.74, 6) is 0.768. The lowest BCUT2D eigenvalue weighted by molar-refractivity contribution is -0.123. The van der Waals surface area contributed by atoms with Crippen LogP contribution >= 0.6 is 11.6 Å². The second-order valence-electron chi connectivity index (χ2n) is 6.17. The normalized spacial score (nSPS) is 10.1. The van der Waals surface area contributed by atoms with Gasteiger partial charge < -0.3 is 14.8 Å². The lowest BCUT2D eigenvalue weighted by Crippen LogP contribution is -2.28. The van der Waals surface area contributed by atoms with Gasteiger partial charge in [-0.15, -0.1) is 0 Å². The summed E-state index contributed by atoms with van der Waals surface area (Å²) in [7, 11) is 0. The number of benzene rings is 3. The maximum atomic E-state index is 12.1. The highest BCUT2D eigenvalue weighted by molar-refractivity contribution is 6.32. The molecule has 3 rings (SSSR count). The van der Waals surface area contributed by atoms with Gasteiger partial charge in [-0.25, -0.2) is 0 Å². The third-order valence-electron chi connectivity index (χ3n) is 4.09. The molecule has 0 radical (unpaired) electrons. The number of nitrogens with one attached hydrogen (secondary N) is 1. The van der Waals surface area contributed by atoms with E-state index in [1.54, 1.807) is 24.3 Å². The molecule has 0 aliphatic carbocycles. The van der Waals surface area contributed by atoms with E-state index in [1.165, 1.54) is 0 Å². The zero-order chi connectivity index (χ0) is 20.5. The summed E-state index contributed by atoms with van der Waals surface area (Å²) >= 11 is 6.30. The third-order valence-corrected chi connectivity index (χ3v) is 4.38. The van der Waals surface area contributed by atoms with E-state index in [4.69, 9.17) is 26.3 Å². The number of ether oxygens (including phenoxy) is 2. The van der Waals surface area contributed by atoms with Gasteiger partial charge in [-0.3, -0.25) is 4.79 Å². The van der Waals surface area contributed by atoms with Crippen LogP contribution in [0.25, 0.3) is 11.1 Å². The zero-order valence-electron chi connectivity index (χ0n) is 15.6. The van der Waals surface area contributed by atoms with E-state index in [0.717, 1.165) is 16.7 Å². The molecule has 3 aromatic rings. The Labute approximate surface area is 174 Å². The van der Waals surface area contributed by atoms with Gasteiger partial charge in [0.1, 0.15) is 17.6 Å². The molecule has 1 amide bonds. The summed E-state index contributed by atoms with van der Waals surface area (Å²) in [5.41, 5.74) is 2.89. The van der Waals surface area contributed by atoms with E-state index < -0.39 is 0 Å². The monoisotopic (exact) mass is 406 g/mol. The minimum atomic E-state index is -0.267. The van der Waals surface area contributed by atoms with Crippen molar-refractivity contribution in [3.63, 3.8) is 0 Å². The summed E-state index contributed by atoms with van der Waals surface area (Å²) in [6, 6.07) is 24.5. The number of nitrogens with zero attached hydrogens (tertiary/aromatic N) is 1. The number of hydrogen-bond donors (Lipinski definition) is 1. The Kier molecular flexibility index (Phi) is 7.10. The van der Waals surface area contributed by atoms with Crippen LogP contribution in [-0.2, 0) is 11.3 Å². The number of carbonyl (C=O) groups excluding carboxylic acids is 1. The second-order valence-corrected chi connectivity index (χ2v) is 6.58. The van der Waals surface area contributed by atoms with Crippen molar-refractivity contribution in [2.45, 2.75) is 6.54 Å². The standard InChI is InChI=1S/C23H19ClN2O3/c24-21-14-19(18-6-2-1-3-7-18)9-10-22(21)29-16-23(27)26-15-17-5-4-8-20(13-17)28-12-11-25/h1-10,13-14H,12,15-16H2,(H,26,27). The number of hydrogen-bond acceptors (Lipinski definition) is 4. The first-order valence-corrected chi connectivity index (χ1v) is 9.36. The van der Waals surface area contributed by atoms with Gasteiger partial charge in [0.2, 0.25) is 0 Å². The molecular weight excluding hydrogens is 388 g/mol. The molecule has 0 saturated carbocycles. The number of nitriles is 1. The van der Waals surface area contributed by atoms with Crippen LogP contribution in [0.4, 0.5) is 0 Å². The smallest absolute Gasteiger partial charge is 0.258 e. The summed E-state index contributed by atoms with van der Waals surface area (Å²) in [5, 5.41) is 11.8. The molecule has 146 valence electrons. The predicted molar refractivity (Wildman–Crippen MR) is 112 cm³/mol. The lowest BCUT2D eigenvalue weighted by atomic mass is 10.1. The van der Waals surface area contributed by atoms with Gasteiger partial charge in [-0.1, -0.05) is 60.1 Å². The van der Waals surface area contributed by atoms with E-state index in [9.17, 15) is 4.79 Å². The molecule has 0 atom stereocenters. The Morgan fingerprint density at radius 1 is 0.966 bits per heavy atom. The minimum Gasteiger partial charge on any atom is -0.482 e. The molecule has 3 aromatic carbocycles. The third kappa shape index (κ3) is 6.00. The summed E-state index contributed by atoms with van der Waals surface area (Å²) < 4.78 is 10.8. The number of halogens is 1. The molecule has 0 aliphatic rings. The van der Waals surface area contributed by atoms with Gasteiger partial charge in [0, 0.05) is 6.54 Å². The minimum absolute atomic E-state index is 0.0204. The summed E-state index contributed by atoms with van der Waals surface area (Å²) in [4.78, 5) is 12.1. The van der Waals surface area contributed by atoms with Crippen LogP contribution in [0, 0.1) is 11.3 Å². The highest BCUT2D eigenvalue weighted by Gasteiger charge is 2.08. The molecule has 0 bridgehead atoms. The number of carbonyl (C=O) groups is 1. The van der Waals surface area contributed by atoms with E-state index in [1.807, 2.05) is 54.6 Å². The van der Waals surface area contributed by atoms with Crippen LogP contribution in [0.15, 0.2) is 72.8 Å². The Morgan fingerprint density at radius 3 is 2.55 bits per heavy atom. The van der Waals surface area contributed by atoms with Crippen molar-refractivity contribution in [1.82, 2.24) is 5.32 Å². The van der Waals surface area contributed by atoms with Crippen molar-refractivity contribution in [1.29, 1.82) is 5.26 Å². The molecule has 6 heteroatoms. The first-order valence-electron chi connectivity index (χ1n) is 8.99. The Balaban J connectivity index is 1.51. The second kappa shape index (κ2) is 10.2. The lowest BCUT2D eigenvalue weighted by Gasteiger charge is -2.11. The van der Waals surface area contributed by atoms with Crippen LogP contribution in [-0.4, -0.2) is 19.1 Å². The number of rotatable bonds is 8. The van der Waals surface area contributed by atoms with Crippen LogP contribution in [0.1, 0.15) is 5.56 Å². The molecule has 0 heterocycles. The van der Waals surface area contributed by atoms with Crippen molar-refractivity contribution in [3.8, 4) is 28.7 Å². The van der Waals surface area contributed by atoms with Crippen LogP contribution in [0.3, 0.4) is 0 Å². The van der Waals surface area contributed by atoms with Gasteiger partial charge in [0.25, 0.3) is 5.91 Å². The predicted octanol–water partition coefficient (Wildman–Crippen LogP) is 4.60. The molecular formula is C23H19ClN2O3. The molecule has 0 aliphatic heterocycles. The van der Waals surface area contributed by atoms with E-state index >= 15 is 0 Å². The van der Waals surface area contributed by atoms with Gasteiger partial charge in [-0.2, -0.15) is 5.26 Å².